The van der Waals surface area contributed by atoms with Crippen LogP contribution in [-0.4, -0.2) is 22.2 Å². The number of carbonyl (C=O) groups is 2. The lowest BCUT2D eigenvalue weighted by molar-refractivity contribution is -0.142. The zero-order chi connectivity index (χ0) is 21.4. The van der Waals surface area contributed by atoms with Gasteiger partial charge in [-0.05, 0) is 36.1 Å². The normalized spacial score (nSPS) is 11.6. The second-order valence-electron chi connectivity index (χ2n) is 6.25. The van der Waals surface area contributed by atoms with Crippen molar-refractivity contribution in [2.75, 3.05) is 0 Å². The van der Waals surface area contributed by atoms with E-state index in [1.807, 2.05) is 0 Å². The van der Waals surface area contributed by atoms with E-state index in [1.165, 1.54) is 26.0 Å². The van der Waals surface area contributed by atoms with Crippen LogP contribution in [0.3, 0.4) is 0 Å². The van der Waals surface area contributed by atoms with Crippen LogP contribution in [-0.2, 0) is 22.4 Å². The van der Waals surface area contributed by atoms with Gasteiger partial charge in [-0.2, -0.15) is 21.0 Å². The van der Waals surface area contributed by atoms with Crippen LogP contribution in [0.25, 0.3) is 11.1 Å². The van der Waals surface area contributed by atoms with E-state index in [-0.39, 0.29) is 34.4 Å². The van der Waals surface area contributed by atoms with Crippen molar-refractivity contribution in [3.05, 3.63) is 33.7 Å². The summed E-state index contributed by atoms with van der Waals surface area (Å²) in [6.45, 7) is 2.90. The summed E-state index contributed by atoms with van der Waals surface area (Å²) in [5.41, 5.74) is 0.105. The van der Waals surface area contributed by atoms with Gasteiger partial charge in [0.2, 0.25) is 0 Å². The standard InChI is InChI=1S/C20H16N4O4/c1-11(19(25)26)3-13-5-18(16(9-23)10-24)14(4-12(2)20(27)28)6-17(13)15(7-21)8-22/h5-6,11-12H,3-4H2,1-2H3,(H,25,26)(H,27,28). The molecule has 0 heterocycles. The summed E-state index contributed by atoms with van der Waals surface area (Å²) in [4.78, 5) is 22.5. The molecule has 0 bridgehead atoms. The Morgan fingerprint density at radius 1 is 0.786 bits per heavy atom. The Labute approximate surface area is 161 Å². The average molecular weight is 376 g/mol. The van der Waals surface area contributed by atoms with Crippen LogP contribution in [0, 0.1) is 57.2 Å². The summed E-state index contributed by atoms with van der Waals surface area (Å²) in [5, 5.41) is 55.7. The molecule has 140 valence electrons. The van der Waals surface area contributed by atoms with Crippen molar-refractivity contribution in [2.45, 2.75) is 26.7 Å². The Kier molecular flexibility index (Phi) is 7.45. The van der Waals surface area contributed by atoms with E-state index in [4.69, 9.17) is 0 Å². The zero-order valence-corrected chi connectivity index (χ0v) is 15.2. The van der Waals surface area contributed by atoms with Crippen molar-refractivity contribution in [2.24, 2.45) is 11.8 Å². The van der Waals surface area contributed by atoms with E-state index in [0.717, 1.165) is 0 Å². The molecule has 1 aromatic rings. The van der Waals surface area contributed by atoms with Crippen LogP contribution in [0.15, 0.2) is 12.1 Å². The lowest BCUT2D eigenvalue weighted by Crippen LogP contribution is -2.28. The molecule has 1 rings (SSSR count). The van der Waals surface area contributed by atoms with Crippen molar-refractivity contribution in [3.8, 4) is 24.3 Å². The Balaban J connectivity index is 4.03. The van der Waals surface area contributed by atoms with Crippen molar-refractivity contribution < 1.29 is 19.8 Å². The van der Waals surface area contributed by atoms with Crippen LogP contribution < -0.4 is 10.4 Å². The molecule has 0 radical (unpaired) electrons. The summed E-state index contributed by atoms with van der Waals surface area (Å²) >= 11 is 0. The molecule has 0 spiro atoms. The minimum absolute atomic E-state index is 0.0383. The number of carboxylic acids is 2. The van der Waals surface area contributed by atoms with Crippen LogP contribution >= 0.6 is 0 Å². The van der Waals surface area contributed by atoms with Crippen LogP contribution in [0.2, 0.25) is 0 Å². The van der Waals surface area contributed by atoms with Gasteiger partial charge in [-0.25, -0.2) is 0 Å². The largest absolute Gasteiger partial charge is 0.481 e. The number of nitrogens with zero attached hydrogens (tertiary/aromatic N) is 4. The number of rotatable bonds is 6. The SMILES string of the molecule is CC(Cc1cc(=C(C#N)C#N)c(CC(C)C(=O)O)cc1=C(C#N)C#N)C(=O)O. The molecule has 8 heteroatoms. The second kappa shape index (κ2) is 9.53. The first-order chi connectivity index (χ1) is 13.2. The van der Waals surface area contributed by atoms with Gasteiger partial charge in [0.1, 0.15) is 35.4 Å². The highest BCUT2D eigenvalue weighted by atomic mass is 16.4. The second-order valence-corrected chi connectivity index (χ2v) is 6.25. The third-order valence-corrected chi connectivity index (χ3v) is 4.21. The topological polar surface area (TPSA) is 170 Å². The minimum atomic E-state index is -1.09. The lowest BCUT2D eigenvalue weighted by atomic mass is 9.90. The highest BCUT2D eigenvalue weighted by Gasteiger charge is 2.18. The first-order valence-electron chi connectivity index (χ1n) is 8.16. The van der Waals surface area contributed by atoms with E-state index >= 15 is 0 Å². The maximum absolute atomic E-state index is 11.2. The summed E-state index contributed by atoms with van der Waals surface area (Å²) in [5.74, 6) is -3.86. The summed E-state index contributed by atoms with van der Waals surface area (Å²) in [6, 6.07) is 9.78. The molecule has 2 N–H and O–H groups in total. The molecule has 0 fully saturated rings. The fourth-order valence-corrected chi connectivity index (χ4v) is 2.62. The van der Waals surface area contributed by atoms with Gasteiger partial charge in [0.05, 0.1) is 11.8 Å². The van der Waals surface area contributed by atoms with Gasteiger partial charge in [-0.1, -0.05) is 13.8 Å². The number of benzene rings is 1. The molecule has 28 heavy (non-hydrogen) atoms. The van der Waals surface area contributed by atoms with Crippen LogP contribution in [0.5, 0.6) is 0 Å². The van der Waals surface area contributed by atoms with Crippen molar-refractivity contribution in [1.29, 1.82) is 21.0 Å². The predicted octanol–water partition coefficient (Wildman–Crippen LogP) is 0.609. The first-order valence-corrected chi connectivity index (χ1v) is 8.16. The number of hydrogen-bond donors (Lipinski definition) is 2. The number of nitriles is 4. The molecule has 0 amide bonds. The van der Waals surface area contributed by atoms with E-state index in [9.17, 15) is 40.8 Å². The van der Waals surface area contributed by atoms with Gasteiger partial charge in [0.15, 0.2) is 0 Å². The summed E-state index contributed by atoms with van der Waals surface area (Å²) < 4.78 is 0. The monoisotopic (exact) mass is 376 g/mol. The maximum atomic E-state index is 11.2. The van der Waals surface area contributed by atoms with Gasteiger partial charge in [-0.3, -0.25) is 9.59 Å². The summed E-state index contributed by atoms with van der Waals surface area (Å²) in [7, 11) is 0. The highest BCUT2D eigenvalue weighted by Crippen LogP contribution is 2.10. The number of carboxylic acid groups (broad SMARTS) is 2. The third kappa shape index (κ3) is 4.94. The minimum Gasteiger partial charge on any atom is -0.481 e. The van der Waals surface area contributed by atoms with Gasteiger partial charge >= 0.3 is 11.9 Å². The maximum Gasteiger partial charge on any atom is 0.306 e. The molecule has 2 unspecified atom stereocenters. The van der Waals surface area contributed by atoms with Crippen molar-refractivity contribution in [3.63, 3.8) is 0 Å². The Morgan fingerprint density at radius 2 is 1.07 bits per heavy atom. The molecule has 0 aliphatic heterocycles. The molecule has 0 saturated heterocycles. The fourth-order valence-electron chi connectivity index (χ4n) is 2.62. The predicted molar refractivity (Wildman–Crippen MR) is 96.0 cm³/mol. The molecule has 0 saturated carbocycles. The summed E-state index contributed by atoms with van der Waals surface area (Å²) in [6.07, 6.45) is -0.0765. The van der Waals surface area contributed by atoms with Crippen molar-refractivity contribution >= 4 is 23.1 Å². The smallest absolute Gasteiger partial charge is 0.306 e. The Bertz CT molecular complexity index is 986. The Morgan fingerprint density at radius 3 is 1.29 bits per heavy atom. The third-order valence-electron chi connectivity index (χ3n) is 4.21. The van der Waals surface area contributed by atoms with E-state index in [2.05, 4.69) is 0 Å². The lowest BCUT2D eigenvalue weighted by Gasteiger charge is -2.12. The van der Waals surface area contributed by atoms with E-state index in [1.54, 1.807) is 24.3 Å². The first kappa shape index (κ1) is 21.9. The van der Waals surface area contributed by atoms with Crippen LogP contribution in [0.1, 0.15) is 25.0 Å². The molecule has 8 nitrogen and oxygen atoms in total. The molecule has 0 aliphatic rings. The molecular weight excluding hydrogens is 360 g/mol. The van der Waals surface area contributed by atoms with Gasteiger partial charge < -0.3 is 10.2 Å². The molecule has 0 aromatic heterocycles. The zero-order valence-electron chi connectivity index (χ0n) is 15.2. The fraction of sp³-hybridized carbons (Fsp3) is 0.300. The van der Waals surface area contributed by atoms with E-state index in [0.29, 0.717) is 11.1 Å². The van der Waals surface area contributed by atoms with Gasteiger partial charge in [0.25, 0.3) is 0 Å². The molecular formula is C20H16N4O4. The van der Waals surface area contributed by atoms with Gasteiger partial charge in [0, 0.05) is 10.4 Å². The molecule has 0 aliphatic carbocycles. The van der Waals surface area contributed by atoms with E-state index < -0.39 is 23.8 Å². The van der Waals surface area contributed by atoms with Crippen molar-refractivity contribution in [1.82, 2.24) is 0 Å². The highest BCUT2D eigenvalue weighted by molar-refractivity contribution is 5.77. The van der Waals surface area contributed by atoms with Gasteiger partial charge in [-0.15, -0.1) is 0 Å². The molecule has 2 atom stereocenters. The average Bonchev–Trinajstić information content (AvgIpc) is 2.65. The Hall–Kier alpha value is -4.14. The molecule has 1 aromatic carbocycles. The number of aliphatic carboxylic acids is 2. The number of hydrogen-bond acceptors (Lipinski definition) is 6. The van der Waals surface area contributed by atoms with Crippen LogP contribution in [0.4, 0.5) is 0 Å². The quantitative estimate of drug-likeness (QED) is 0.727.